The smallest absolute Gasteiger partial charge is 0.154 e. The van der Waals surface area contributed by atoms with E-state index in [0.717, 1.165) is 53.4 Å². The Morgan fingerprint density at radius 3 is 2.52 bits per heavy atom. The zero-order chi connectivity index (χ0) is 27.2. The summed E-state index contributed by atoms with van der Waals surface area (Å²) >= 11 is 0. The standard InChI is InChI=1S/C30H28FN7O2/c31-21-5-1-4-20(14-21)24-8-3-13-37(24)29-10-9-28-33-16-25(38(28)35-29)23-7-2-6-22(34-23)19-11-12-32-30(15-19)36-17-26(39)27(40)18-36/h1-2,4-7,9-12,14-16,24,26-27,39-40H,3,8,13,17-18H2/t24-,26-,27-/m1/s1. The normalized spacial score (nSPS) is 21.0. The maximum atomic E-state index is 14.0. The molecule has 0 saturated carbocycles. The fourth-order valence-electron chi connectivity index (χ4n) is 5.74. The average molecular weight is 538 g/mol. The summed E-state index contributed by atoms with van der Waals surface area (Å²) in [5.74, 6) is 1.26. The van der Waals surface area contributed by atoms with Crippen LogP contribution in [0.4, 0.5) is 16.0 Å². The van der Waals surface area contributed by atoms with Crippen LogP contribution in [0.5, 0.6) is 0 Å². The van der Waals surface area contributed by atoms with Gasteiger partial charge in [0.25, 0.3) is 0 Å². The number of fused-ring (bicyclic) bond motifs is 1. The van der Waals surface area contributed by atoms with E-state index in [9.17, 15) is 14.6 Å². The van der Waals surface area contributed by atoms with Crippen LogP contribution in [0.3, 0.4) is 0 Å². The number of aliphatic hydroxyl groups is 2. The third-order valence-electron chi connectivity index (χ3n) is 7.76. The van der Waals surface area contributed by atoms with E-state index in [1.165, 1.54) is 6.07 Å². The number of aliphatic hydroxyl groups excluding tert-OH is 2. The molecule has 9 nitrogen and oxygen atoms in total. The number of β-amino-alcohol motifs (C(OH)–C–C–N with tert-alkyl or cyclic N) is 2. The van der Waals surface area contributed by atoms with Crippen molar-refractivity contribution in [1.29, 1.82) is 0 Å². The Kier molecular flexibility index (Phi) is 6.13. The van der Waals surface area contributed by atoms with Crippen LogP contribution in [0.25, 0.3) is 28.3 Å². The van der Waals surface area contributed by atoms with Gasteiger partial charge in [0.1, 0.15) is 23.1 Å². The lowest BCUT2D eigenvalue weighted by atomic mass is 10.0. The fraction of sp³-hybridized carbons (Fsp3) is 0.267. The second-order valence-corrected chi connectivity index (χ2v) is 10.4. The Morgan fingerprint density at radius 2 is 1.68 bits per heavy atom. The van der Waals surface area contributed by atoms with Crippen molar-refractivity contribution in [3.63, 3.8) is 0 Å². The highest BCUT2D eigenvalue weighted by molar-refractivity contribution is 5.68. The van der Waals surface area contributed by atoms with Crippen molar-refractivity contribution < 1.29 is 14.6 Å². The first-order chi connectivity index (χ1) is 19.5. The van der Waals surface area contributed by atoms with Crippen LogP contribution < -0.4 is 9.80 Å². The number of aromatic nitrogens is 5. The highest BCUT2D eigenvalue weighted by atomic mass is 19.1. The maximum Gasteiger partial charge on any atom is 0.154 e. The molecule has 2 aliphatic rings. The predicted octanol–water partition coefficient (Wildman–Crippen LogP) is 3.88. The van der Waals surface area contributed by atoms with Gasteiger partial charge in [-0.25, -0.2) is 23.9 Å². The van der Waals surface area contributed by atoms with Crippen LogP contribution in [0.15, 0.2) is 79.1 Å². The molecule has 6 heterocycles. The Balaban J connectivity index is 1.21. The number of pyridine rings is 2. The highest BCUT2D eigenvalue weighted by Crippen LogP contribution is 2.36. The van der Waals surface area contributed by atoms with Crippen LogP contribution in [0.2, 0.25) is 0 Å². The molecule has 5 aromatic rings. The van der Waals surface area contributed by atoms with Crippen molar-refractivity contribution in [3.05, 3.63) is 90.5 Å². The van der Waals surface area contributed by atoms with Gasteiger partial charge in [-0.15, -0.1) is 5.10 Å². The molecule has 4 aromatic heterocycles. The number of nitrogens with zero attached hydrogens (tertiary/aromatic N) is 7. The van der Waals surface area contributed by atoms with E-state index in [2.05, 4.69) is 14.9 Å². The summed E-state index contributed by atoms with van der Waals surface area (Å²) in [4.78, 5) is 18.0. The Bertz CT molecular complexity index is 1680. The van der Waals surface area contributed by atoms with E-state index >= 15 is 0 Å². The van der Waals surface area contributed by atoms with Gasteiger partial charge in [0, 0.05) is 31.4 Å². The summed E-state index contributed by atoms with van der Waals surface area (Å²) in [6.07, 6.45) is 3.85. The number of benzene rings is 1. The predicted molar refractivity (Wildman–Crippen MR) is 149 cm³/mol. The van der Waals surface area contributed by atoms with Gasteiger partial charge in [-0.2, -0.15) is 0 Å². The summed E-state index contributed by atoms with van der Waals surface area (Å²) in [6.45, 7) is 1.50. The number of hydrogen-bond acceptors (Lipinski definition) is 8. The summed E-state index contributed by atoms with van der Waals surface area (Å²) in [5, 5.41) is 24.9. The summed E-state index contributed by atoms with van der Waals surface area (Å²) in [7, 11) is 0. The summed E-state index contributed by atoms with van der Waals surface area (Å²) in [5.41, 5.74) is 4.79. The fourth-order valence-corrected chi connectivity index (χ4v) is 5.74. The van der Waals surface area contributed by atoms with Gasteiger partial charge >= 0.3 is 0 Å². The van der Waals surface area contributed by atoms with E-state index < -0.39 is 12.2 Å². The molecule has 0 amide bonds. The number of rotatable bonds is 5. The van der Waals surface area contributed by atoms with Crippen molar-refractivity contribution in [2.45, 2.75) is 31.1 Å². The van der Waals surface area contributed by atoms with Gasteiger partial charge in [0.2, 0.25) is 0 Å². The molecule has 0 aliphatic carbocycles. The first kappa shape index (κ1) is 24.6. The van der Waals surface area contributed by atoms with Crippen LogP contribution >= 0.6 is 0 Å². The third-order valence-corrected chi connectivity index (χ3v) is 7.76. The average Bonchev–Trinajstić information content (AvgIpc) is 3.72. The molecular weight excluding hydrogens is 509 g/mol. The molecule has 3 atom stereocenters. The highest BCUT2D eigenvalue weighted by Gasteiger charge is 2.31. The lowest BCUT2D eigenvalue weighted by Gasteiger charge is -2.26. The third kappa shape index (κ3) is 4.44. The Hall–Kier alpha value is -4.41. The van der Waals surface area contributed by atoms with Gasteiger partial charge in [-0.05, 0) is 66.9 Å². The molecular formula is C30H28FN7O2. The first-order valence-corrected chi connectivity index (χ1v) is 13.5. The van der Waals surface area contributed by atoms with Crippen LogP contribution in [0, 0.1) is 5.82 Å². The Labute approximate surface area is 230 Å². The van der Waals surface area contributed by atoms with Crippen molar-refractivity contribution in [1.82, 2.24) is 24.6 Å². The van der Waals surface area contributed by atoms with Gasteiger partial charge in [0.05, 0.1) is 35.8 Å². The van der Waals surface area contributed by atoms with Crippen molar-refractivity contribution in [2.24, 2.45) is 0 Å². The lowest BCUT2D eigenvalue weighted by Crippen LogP contribution is -2.24. The molecule has 2 saturated heterocycles. The maximum absolute atomic E-state index is 14.0. The number of hydrogen-bond donors (Lipinski definition) is 2. The largest absolute Gasteiger partial charge is 0.389 e. The van der Waals surface area contributed by atoms with E-state index in [1.807, 2.05) is 57.9 Å². The molecule has 40 heavy (non-hydrogen) atoms. The van der Waals surface area contributed by atoms with Crippen LogP contribution in [-0.2, 0) is 0 Å². The quantitative estimate of drug-likeness (QED) is 0.348. The van der Waals surface area contributed by atoms with E-state index in [-0.39, 0.29) is 11.9 Å². The molecule has 0 radical (unpaired) electrons. The van der Waals surface area contributed by atoms with Crippen molar-refractivity contribution >= 4 is 17.3 Å². The molecule has 2 N–H and O–H groups in total. The first-order valence-electron chi connectivity index (χ1n) is 13.5. The van der Waals surface area contributed by atoms with Crippen LogP contribution in [0.1, 0.15) is 24.4 Å². The van der Waals surface area contributed by atoms with E-state index in [4.69, 9.17) is 10.1 Å². The molecule has 0 unspecified atom stereocenters. The molecule has 10 heteroatoms. The molecule has 1 aromatic carbocycles. The van der Waals surface area contributed by atoms with Gasteiger partial charge in [0.15, 0.2) is 5.65 Å². The molecule has 0 spiro atoms. The molecule has 202 valence electrons. The van der Waals surface area contributed by atoms with Crippen LogP contribution in [-0.4, -0.2) is 66.6 Å². The topological polar surface area (TPSA) is 103 Å². The zero-order valence-electron chi connectivity index (χ0n) is 21.7. The molecule has 0 bridgehead atoms. The second-order valence-electron chi connectivity index (χ2n) is 10.4. The van der Waals surface area contributed by atoms with Gasteiger partial charge < -0.3 is 20.0 Å². The Morgan fingerprint density at radius 1 is 0.850 bits per heavy atom. The SMILES string of the molecule is O[C@@H]1CN(c2cc(-c3cccc(-c4cnc5ccc(N6CCC[C@@H]6c6cccc(F)c6)nn45)n3)ccn2)C[C@H]1O. The number of anilines is 2. The second kappa shape index (κ2) is 9.96. The van der Waals surface area contributed by atoms with Gasteiger partial charge in [-0.3, -0.25) is 0 Å². The van der Waals surface area contributed by atoms with E-state index in [1.54, 1.807) is 24.5 Å². The minimum Gasteiger partial charge on any atom is -0.389 e. The lowest BCUT2D eigenvalue weighted by molar-refractivity contribution is 0.0572. The summed E-state index contributed by atoms with van der Waals surface area (Å²) < 4.78 is 15.8. The van der Waals surface area contributed by atoms with E-state index in [0.29, 0.717) is 24.6 Å². The monoisotopic (exact) mass is 537 g/mol. The van der Waals surface area contributed by atoms with Crippen molar-refractivity contribution in [2.75, 3.05) is 29.4 Å². The summed E-state index contributed by atoms with van der Waals surface area (Å²) in [6, 6.07) is 20.4. The molecule has 7 rings (SSSR count). The van der Waals surface area contributed by atoms with Gasteiger partial charge in [-0.1, -0.05) is 18.2 Å². The molecule has 2 aliphatic heterocycles. The zero-order valence-corrected chi connectivity index (χ0v) is 21.7. The minimum atomic E-state index is -0.788. The molecule has 2 fully saturated rings. The number of imidazole rings is 1. The minimum absolute atomic E-state index is 0.0628. The van der Waals surface area contributed by atoms with Crippen molar-refractivity contribution in [3.8, 4) is 22.6 Å². The number of halogens is 1.